The lowest BCUT2D eigenvalue weighted by molar-refractivity contribution is 0.0897. The van der Waals surface area contributed by atoms with Crippen LogP contribution in [0.25, 0.3) is 0 Å². The maximum Gasteiger partial charge on any atom is 0.161 e. The van der Waals surface area contributed by atoms with Gasteiger partial charge in [0.25, 0.3) is 0 Å². The Morgan fingerprint density at radius 1 is 1.00 bits per heavy atom. The lowest BCUT2D eigenvalue weighted by atomic mass is 10.2. The van der Waals surface area contributed by atoms with E-state index in [-0.39, 0.29) is 6.10 Å². The van der Waals surface area contributed by atoms with Gasteiger partial charge in [0.1, 0.15) is 25.1 Å². The molecule has 0 amide bonds. The fourth-order valence-electron chi connectivity index (χ4n) is 2.18. The first-order chi connectivity index (χ1) is 10.4. The lowest BCUT2D eigenvalue weighted by Crippen LogP contribution is -2.39. The standard InChI is InChI=1S/C17H19NO3/c1-2-6-14(7-3-1)19-11-10-18-12-15-13-20-16-8-4-5-9-17(16)21-15/h1-9,15,18H,10-13H2. The Labute approximate surface area is 124 Å². The van der Waals surface area contributed by atoms with E-state index in [0.29, 0.717) is 13.2 Å². The average Bonchev–Trinajstić information content (AvgIpc) is 2.55. The molecule has 0 saturated heterocycles. The van der Waals surface area contributed by atoms with Crippen molar-refractivity contribution in [1.82, 2.24) is 5.32 Å². The van der Waals surface area contributed by atoms with Crippen LogP contribution in [0.2, 0.25) is 0 Å². The van der Waals surface area contributed by atoms with Crippen LogP contribution in [0.15, 0.2) is 54.6 Å². The minimum absolute atomic E-state index is 0.0385. The SMILES string of the molecule is c1ccc(OCCNCC2COc3ccccc3O2)cc1. The first-order valence-corrected chi connectivity index (χ1v) is 7.19. The molecule has 2 aromatic carbocycles. The van der Waals surface area contributed by atoms with Gasteiger partial charge in [-0.1, -0.05) is 30.3 Å². The molecule has 0 aliphatic carbocycles. The Morgan fingerprint density at radius 3 is 2.62 bits per heavy atom. The minimum atomic E-state index is 0.0385. The molecule has 0 fully saturated rings. The molecule has 21 heavy (non-hydrogen) atoms. The maximum absolute atomic E-state index is 5.87. The highest BCUT2D eigenvalue weighted by Gasteiger charge is 2.19. The van der Waals surface area contributed by atoms with Crippen LogP contribution in [0.3, 0.4) is 0 Å². The smallest absolute Gasteiger partial charge is 0.161 e. The van der Waals surface area contributed by atoms with Crippen LogP contribution in [-0.2, 0) is 0 Å². The molecule has 1 aliphatic heterocycles. The third-order valence-electron chi connectivity index (χ3n) is 3.23. The summed E-state index contributed by atoms with van der Waals surface area (Å²) in [6.07, 6.45) is 0.0385. The summed E-state index contributed by atoms with van der Waals surface area (Å²) in [4.78, 5) is 0. The van der Waals surface area contributed by atoms with Gasteiger partial charge in [-0.2, -0.15) is 0 Å². The lowest BCUT2D eigenvalue weighted by Gasteiger charge is -2.26. The van der Waals surface area contributed by atoms with Crippen molar-refractivity contribution in [3.05, 3.63) is 54.6 Å². The van der Waals surface area contributed by atoms with Gasteiger partial charge >= 0.3 is 0 Å². The van der Waals surface area contributed by atoms with E-state index in [9.17, 15) is 0 Å². The second kappa shape index (κ2) is 6.99. The summed E-state index contributed by atoms with van der Waals surface area (Å²) in [6.45, 7) is 2.72. The van der Waals surface area contributed by atoms with E-state index in [1.807, 2.05) is 54.6 Å². The third kappa shape index (κ3) is 3.89. The molecule has 1 heterocycles. The Bertz CT molecular complexity index is 559. The number of hydrogen-bond donors (Lipinski definition) is 1. The van der Waals surface area contributed by atoms with Gasteiger partial charge in [-0.15, -0.1) is 0 Å². The molecule has 0 saturated carbocycles. The van der Waals surface area contributed by atoms with Crippen molar-refractivity contribution >= 4 is 0 Å². The summed E-state index contributed by atoms with van der Waals surface area (Å²) in [5.41, 5.74) is 0. The zero-order chi connectivity index (χ0) is 14.3. The van der Waals surface area contributed by atoms with Gasteiger partial charge < -0.3 is 19.5 Å². The van der Waals surface area contributed by atoms with Gasteiger partial charge in [0, 0.05) is 13.1 Å². The fraction of sp³-hybridized carbons (Fsp3) is 0.294. The van der Waals surface area contributed by atoms with Crippen molar-refractivity contribution in [3.8, 4) is 17.2 Å². The third-order valence-corrected chi connectivity index (χ3v) is 3.23. The molecular formula is C17H19NO3. The maximum atomic E-state index is 5.87. The van der Waals surface area contributed by atoms with Crippen molar-refractivity contribution in [1.29, 1.82) is 0 Å². The fourth-order valence-corrected chi connectivity index (χ4v) is 2.18. The van der Waals surface area contributed by atoms with Crippen LogP contribution >= 0.6 is 0 Å². The van der Waals surface area contributed by atoms with E-state index < -0.39 is 0 Å². The molecule has 0 radical (unpaired) electrons. The minimum Gasteiger partial charge on any atom is -0.492 e. The summed E-state index contributed by atoms with van der Waals surface area (Å²) in [5.74, 6) is 2.53. The van der Waals surface area contributed by atoms with Crippen LogP contribution in [0.1, 0.15) is 0 Å². The highest BCUT2D eigenvalue weighted by Crippen LogP contribution is 2.30. The van der Waals surface area contributed by atoms with Gasteiger partial charge in [-0.05, 0) is 24.3 Å². The highest BCUT2D eigenvalue weighted by molar-refractivity contribution is 5.40. The van der Waals surface area contributed by atoms with E-state index in [4.69, 9.17) is 14.2 Å². The van der Waals surface area contributed by atoms with E-state index in [2.05, 4.69) is 5.32 Å². The molecule has 0 bridgehead atoms. The Balaban J connectivity index is 1.35. The number of rotatable bonds is 6. The predicted octanol–water partition coefficient (Wildman–Crippen LogP) is 2.50. The summed E-state index contributed by atoms with van der Waals surface area (Å²) >= 11 is 0. The van der Waals surface area contributed by atoms with E-state index >= 15 is 0 Å². The molecule has 1 atom stereocenters. The Morgan fingerprint density at radius 2 is 1.76 bits per heavy atom. The molecule has 4 nitrogen and oxygen atoms in total. The molecule has 4 heteroatoms. The zero-order valence-corrected chi connectivity index (χ0v) is 11.8. The van der Waals surface area contributed by atoms with Crippen molar-refractivity contribution in [2.45, 2.75) is 6.10 Å². The quantitative estimate of drug-likeness (QED) is 0.828. The van der Waals surface area contributed by atoms with E-state index in [0.717, 1.165) is 30.3 Å². The second-order valence-corrected chi connectivity index (χ2v) is 4.86. The number of benzene rings is 2. The number of fused-ring (bicyclic) bond motifs is 1. The topological polar surface area (TPSA) is 39.7 Å². The molecular weight excluding hydrogens is 266 g/mol. The molecule has 110 valence electrons. The number of para-hydroxylation sites is 3. The molecule has 1 unspecified atom stereocenters. The molecule has 0 spiro atoms. The normalized spacial score (nSPS) is 16.5. The van der Waals surface area contributed by atoms with Crippen LogP contribution in [-0.4, -0.2) is 32.4 Å². The van der Waals surface area contributed by atoms with Crippen LogP contribution < -0.4 is 19.5 Å². The van der Waals surface area contributed by atoms with Crippen molar-refractivity contribution in [2.24, 2.45) is 0 Å². The Hall–Kier alpha value is -2.20. The van der Waals surface area contributed by atoms with Gasteiger partial charge in [0.05, 0.1) is 0 Å². The number of hydrogen-bond acceptors (Lipinski definition) is 4. The zero-order valence-electron chi connectivity index (χ0n) is 11.8. The Kier molecular flexibility index (Phi) is 4.59. The van der Waals surface area contributed by atoms with Crippen molar-refractivity contribution in [2.75, 3.05) is 26.3 Å². The van der Waals surface area contributed by atoms with Crippen molar-refractivity contribution in [3.63, 3.8) is 0 Å². The predicted molar refractivity (Wildman–Crippen MR) is 81.2 cm³/mol. The molecule has 1 N–H and O–H groups in total. The second-order valence-electron chi connectivity index (χ2n) is 4.86. The van der Waals surface area contributed by atoms with Crippen LogP contribution in [0.4, 0.5) is 0 Å². The largest absolute Gasteiger partial charge is 0.492 e. The van der Waals surface area contributed by atoms with Gasteiger partial charge in [-0.3, -0.25) is 0 Å². The van der Waals surface area contributed by atoms with Gasteiger partial charge in [0.15, 0.2) is 11.5 Å². The van der Waals surface area contributed by atoms with Crippen LogP contribution in [0, 0.1) is 0 Å². The van der Waals surface area contributed by atoms with E-state index in [1.165, 1.54) is 0 Å². The first-order valence-electron chi connectivity index (χ1n) is 7.19. The highest BCUT2D eigenvalue weighted by atomic mass is 16.6. The molecule has 3 rings (SSSR count). The van der Waals surface area contributed by atoms with Gasteiger partial charge in [-0.25, -0.2) is 0 Å². The summed E-state index contributed by atoms with van der Waals surface area (Å²) < 4.78 is 17.2. The molecule has 1 aliphatic rings. The monoisotopic (exact) mass is 285 g/mol. The van der Waals surface area contributed by atoms with Crippen LogP contribution in [0.5, 0.6) is 17.2 Å². The van der Waals surface area contributed by atoms with Crippen molar-refractivity contribution < 1.29 is 14.2 Å². The summed E-state index contributed by atoms with van der Waals surface area (Å²) in [7, 11) is 0. The summed E-state index contributed by atoms with van der Waals surface area (Å²) in [6, 6.07) is 17.6. The van der Waals surface area contributed by atoms with Gasteiger partial charge in [0.2, 0.25) is 0 Å². The summed E-state index contributed by atoms with van der Waals surface area (Å²) in [5, 5.41) is 3.33. The molecule has 0 aromatic heterocycles. The number of ether oxygens (including phenoxy) is 3. The first kappa shape index (κ1) is 13.8. The average molecular weight is 285 g/mol. The molecule has 2 aromatic rings. The van der Waals surface area contributed by atoms with E-state index in [1.54, 1.807) is 0 Å². The number of nitrogens with one attached hydrogen (secondary N) is 1.